The van der Waals surface area contributed by atoms with E-state index in [2.05, 4.69) is 17.4 Å². The van der Waals surface area contributed by atoms with Gasteiger partial charge in [0.05, 0.1) is 18.7 Å². The molecule has 4 nitrogen and oxygen atoms in total. The molecule has 0 bridgehead atoms. The average Bonchev–Trinajstić information content (AvgIpc) is 2.96. The molecule has 0 aliphatic carbocycles. The minimum atomic E-state index is -0.269. The number of rotatable bonds is 2. The van der Waals surface area contributed by atoms with E-state index in [1.807, 2.05) is 17.0 Å². The second kappa shape index (κ2) is 8.09. The van der Waals surface area contributed by atoms with Crippen molar-refractivity contribution in [3.05, 3.63) is 71.0 Å². The fraction of sp³-hybridized carbons (Fsp3) is 0.409. The van der Waals surface area contributed by atoms with Crippen LogP contribution in [0.15, 0.2) is 48.5 Å². The van der Waals surface area contributed by atoms with Crippen LogP contribution < -0.4 is 5.32 Å². The van der Waals surface area contributed by atoms with Crippen LogP contribution in [0.4, 0.5) is 9.18 Å². The van der Waals surface area contributed by atoms with Crippen LogP contribution in [0.2, 0.25) is 0 Å². The van der Waals surface area contributed by atoms with Crippen molar-refractivity contribution in [3.63, 3.8) is 0 Å². The number of halogens is 1. The summed E-state index contributed by atoms with van der Waals surface area (Å²) >= 11 is 0. The molecule has 2 aliphatic heterocycles. The summed E-state index contributed by atoms with van der Waals surface area (Å²) in [6.45, 7) is 1.97. The lowest BCUT2D eigenvalue weighted by molar-refractivity contribution is 0.121. The van der Waals surface area contributed by atoms with Crippen LogP contribution in [0.5, 0.6) is 0 Å². The number of carbonyl (C=O) groups is 1. The third kappa shape index (κ3) is 3.98. The molecule has 0 saturated carbocycles. The fourth-order valence-corrected chi connectivity index (χ4v) is 4.07. The highest BCUT2D eigenvalue weighted by Crippen LogP contribution is 2.35. The first-order valence-electron chi connectivity index (χ1n) is 9.70. The standard InChI is InChI=1S/C22H25FN2O2/c23-18-10-8-17(9-11-18)21-20-7-2-1-5-16(20)12-13-25(21)22(26)24-19-6-3-4-14-27-15-19/h1-2,5,7-11,19,21H,3-4,6,12-15H2,(H,24,26)/t19-,21+/m0/s1. The zero-order valence-corrected chi connectivity index (χ0v) is 15.4. The molecule has 0 aromatic heterocycles. The summed E-state index contributed by atoms with van der Waals surface area (Å²) < 4.78 is 19.0. The number of carbonyl (C=O) groups excluding carboxylic acids is 1. The first kappa shape index (κ1) is 18.0. The molecule has 2 aliphatic rings. The summed E-state index contributed by atoms with van der Waals surface area (Å²) in [6.07, 6.45) is 3.87. The molecular formula is C22H25FN2O2. The Balaban J connectivity index is 1.62. The molecule has 2 heterocycles. The van der Waals surface area contributed by atoms with Gasteiger partial charge in [0.25, 0.3) is 0 Å². The summed E-state index contributed by atoms with van der Waals surface area (Å²) in [6, 6.07) is 14.4. The van der Waals surface area contributed by atoms with Crippen molar-refractivity contribution in [2.45, 2.75) is 37.8 Å². The summed E-state index contributed by atoms with van der Waals surface area (Å²) in [5, 5.41) is 3.16. The largest absolute Gasteiger partial charge is 0.379 e. The summed E-state index contributed by atoms with van der Waals surface area (Å²) in [5.41, 5.74) is 3.28. The summed E-state index contributed by atoms with van der Waals surface area (Å²) in [4.78, 5) is 15.0. The number of amides is 2. The molecule has 1 fully saturated rings. The van der Waals surface area contributed by atoms with Gasteiger partial charge in [0.15, 0.2) is 0 Å². The second-order valence-corrected chi connectivity index (χ2v) is 7.31. The van der Waals surface area contributed by atoms with Crippen molar-refractivity contribution in [1.82, 2.24) is 10.2 Å². The van der Waals surface area contributed by atoms with Gasteiger partial charge in [0.2, 0.25) is 0 Å². The number of nitrogens with one attached hydrogen (secondary N) is 1. The lowest BCUT2D eigenvalue weighted by Crippen LogP contribution is -2.50. The number of hydrogen-bond donors (Lipinski definition) is 1. The SMILES string of the molecule is O=C(N[C@H]1CCCCOC1)N1CCc2ccccc2[C@H]1c1ccc(F)cc1. The first-order chi connectivity index (χ1) is 13.2. The van der Waals surface area contributed by atoms with Crippen molar-refractivity contribution < 1.29 is 13.9 Å². The molecule has 2 aromatic rings. The van der Waals surface area contributed by atoms with Crippen molar-refractivity contribution in [1.29, 1.82) is 0 Å². The van der Waals surface area contributed by atoms with E-state index in [1.165, 1.54) is 17.7 Å². The van der Waals surface area contributed by atoms with Gasteiger partial charge in [-0.15, -0.1) is 0 Å². The molecule has 27 heavy (non-hydrogen) atoms. The van der Waals surface area contributed by atoms with Gasteiger partial charge in [-0.1, -0.05) is 36.4 Å². The Bertz CT molecular complexity index is 785. The van der Waals surface area contributed by atoms with E-state index in [1.54, 1.807) is 12.1 Å². The Kier molecular flexibility index (Phi) is 5.39. The molecule has 2 aromatic carbocycles. The molecule has 5 heteroatoms. The van der Waals surface area contributed by atoms with Gasteiger partial charge in [-0.05, 0) is 54.5 Å². The zero-order chi connectivity index (χ0) is 18.6. The van der Waals surface area contributed by atoms with E-state index in [0.717, 1.165) is 43.4 Å². The number of ether oxygens (including phenoxy) is 1. The second-order valence-electron chi connectivity index (χ2n) is 7.31. The van der Waals surface area contributed by atoms with E-state index in [0.29, 0.717) is 13.2 Å². The van der Waals surface area contributed by atoms with Crippen molar-refractivity contribution in [2.24, 2.45) is 0 Å². The van der Waals surface area contributed by atoms with Crippen LogP contribution in [0, 0.1) is 5.82 Å². The summed E-state index contributed by atoms with van der Waals surface area (Å²) in [5.74, 6) is -0.269. The number of benzene rings is 2. The third-order valence-electron chi connectivity index (χ3n) is 5.47. The van der Waals surface area contributed by atoms with Gasteiger partial charge < -0.3 is 15.0 Å². The third-order valence-corrected chi connectivity index (χ3v) is 5.47. The van der Waals surface area contributed by atoms with E-state index in [-0.39, 0.29) is 23.9 Å². The van der Waals surface area contributed by atoms with Crippen LogP contribution >= 0.6 is 0 Å². The molecule has 0 spiro atoms. The van der Waals surface area contributed by atoms with Crippen LogP contribution in [0.25, 0.3) is 0 Å². The van der Waals surface area contributed by atoms with E-state index < -0.39 is 0 Å². The molecule has 0 radical (unpaired) electrons. The number of fused-ring (bicyclic) bond motifs is 1. The monoisotopic (exact) mass is 368 g/mol. The Morgan fingerprint density at radius 1 is 1.11 bits per heavy atom. The van der Waals surface area contributed by atoms with Gasteiger partial charge in [-0.25, -0.2) is 9.18 Å². The van der Waals surface area contributed by atoms with Crippen molar-refractivity contribution >= 4 is 6.03 Å². The van der Waals surface area contributed by atoms with Crippen LogP contribution in [0.1, 0.15) is 42.0 Å². The Hall–Kier alpha value is -2.40. The minimum Gasteiger partial charge on any atom is -0.379 e. The summed E-state index contributed by atoms with van der Waals surface area (Å²) in [7, 11) is 0. The van der Waals surface area contributed by atoms with Gasteiger partial charge >= 0.3 is 6.03 Å². The number of hydrogen-bond acceptors (Lipinski definition) is 2. The molecule has 0 unspecified atom stereocenters. The van der Waals surface area contributed by atoms with Crippen LogP contribution in [-0.2, 0) is 11.2 Å². The smallest absolute Gasteiger partial charge is 0.318 e. The zero-order valence-electron chi connectivity index (χ0n) is 15.4. The molecule has 1 saturated heterocycles. The van der Waals surface area contributed by atoms with Gasteiger partial charge in [-0.3, -0.25) is 0 Å². The molecular weight excluding hydrogens is 343 g/mol. The highest BCUT2D eigenvalue weighted by molar-refractivity contribution is 5.76. The van der Waals surface area contributed by atoms with Gasteiger partial charge in [0.1, 0.15) is 5.82 Å². The Morgan fingerprint density at radius 3 is 2.78 bits per heavy atom. The van der Waals surface area contributed by atoms with Crippen molar-refractivity contribution in [3.8, 4) is 0 Å². The topological polar surface area (TPSA) is 41.6 Å². The molecule has 142 valence electrons. The van der Waals surface area contributed by atoms with Crippen LogP contribution in [0.3, 0.4) is 0 Å². The average molecular weight is 368 g/mol. The molecule has 4 rings (SSSR count). The normalized spacial score (nSPS) is 22.6. The predicted molar refractivity (Wildman–Crippen MR) is 102 cm³/mol. The quantitative estimate of drug-likeness (QED) is 0.869. The number of urea groups is 1. The Morgan fingerprint density at radius 2 is 1.93 bits per heavy atom. The van der Waals surface area contributed by atoms with E-state index in [9.17, 15) is 9.18 Å². The fourth-order valence-electron chi connectivity index (χ4n) is 4.07. The molecule has 2 amide bonds. The van der Waals surface area contributed by atoms with E-state index >= 15 is 0 Å². The van der Waals surface area contributed by atoms with Crippen molar-refractivity contribution in [2.75, 3.05) is 19.8 Å². The Labute approximate surface area is 159 Å². The van der Waals surface area contributed by atoms with E-state index in [4.69, 9.17) is 4.74 Å². The van der Waals surface area contributed by atoms with Gasteiger partial charge in [0, 0.05) is 13.2 Å². The lowest BCUT2D eigenvalue weighted by atomic mass is 9.88. The predicted octanol–water partition coefficient (Wildman–Crippen LogP) is 4.05. The highest BCUT2D eigenvalue weighted by Gasteiger charge is 2.32. The maximum Gasteiger partial charge on any atom is 0.318 e. The lowest BCUT2D eigenvalue weighted by Gasteiger charge is -2.38. The van der Waals surface area contributed by atoms with Gasteiger partial charge in [-0.2, -0.15) is 0 Å². The maximum absolute atomic E-state index is 13.4. The first-order valence-corrected chi connectivity index (χ1v) is 9.70. The highest BCUT2D eigenvalue weighted by atomic mass is 19.1. The van der Waals surface area contributed by atoms with Crippen LogP contribution in [-0.4, -0.2) is 36.7 Å². The number of nitrogens with zero attached hydrogens (tertiary/aromatic N) is 1. The molecule has 2 atom stereocenters. The minimum absolute atomic E-state index is 0.0473. The molecule has 1 N–H and O–H groups in total. The maximum atomic E-state index is 13.4.